The number of hydrogen-bond donors (Lipinski definition) is 0. The molecular formula is C24H21NO6. The van der Waals surface area contributed by atoms with Crippen LogP contribution in [0, 0.1) is 11.8 Å². The predicted octanol–water partition coefficient (Wildman–Crippen LogP) is 3.19. The van der Waals surface area contributed by atoms with Crippen molar-refractivity contribution in [3.05, 3.63) is 71.8 Å². The lowest BCUT2D eigenvalue weighted by atomic mass is 9.85. The highest BCUT2D eigenvalue weighted by molar-refractivity contribution is 6.22. The van der Waals surface area contributed by atoms with Crippen LogP contribution in [0.2, 0.25) is 0 Å². The number of ether oxygens (including phenoxy) is 2. The van der Waals surface area contributed by atoms with Crippen LogP contribution in [0.5, 0.6) is 5.75 Å². The Labute approximate surface area is 179 Å². The maximum Gasteiger partial charge on any atom is 0.338 e. The lowest BCUT2D eigenvalue weighted by Gasteiger charge is -2.15. The molecule has 0 aromatic heterocycles. The summed E-state index contributed by atoms with van der Waals surface area (Å²) >= 11 is 0. The molecule has 1 aliphatic carbocycles. The zero-order valence-electron chi connectivity index (χ0n) is 16.9. The van der Waals surface area contributed by atoms with Crippen LogP contribution in [0.15, 0.2) is 60.7 Å². The Morgan fingerprint density at radius 3 is 2.19 bits per heavy atom. The number of allylic oxidation sites excluding steroid dienone is 2. The third-order valence-corrected chi connectivity index (χ3v) is 5.59. The van der Waals surface area contributed by atoms with Crippen molar-refractivity contribution in [1.29, 1.82) is 0 Å². The fourth-order valence-corrected chi connectivity index (χ4v) is 3.90. The molecule has 0 bridgehead atoms. The van der Waals surface area contributed by atoms with Gasteiger partial charge in [-0.25, -0.2) is 4.79 Å². The van der Waals surface area contributed by atoms with Gasteiger partial charge in [0.2, 0.25) is 11.8 Å². The van der Waals surface area contributed by atoms with E-state index < -0.39 is 12.6 Å². The van der Waals surface area contributed by atoms with E-state index in [0.717, 1.165) is 4.90 Å². The summed E-state index contributed by atoms with van der Waals surface area (Å²) in [5, 5.41) is 0. The Morgan fingerprint density at radius 2 is 1.58 bits per heavy atom. The number of nitrogens with zero attached hydrogens (tertiary/aromatic N) is 1. The number of benzene rings is 2. The monoisotopic (exact) mass is 419 g/mol. The van der Waals surface area contributed by atoms with Crippen LogP contribution in [0.25, 0.3) is 0 Å². The number of Topliss-reactive ketones (excluding diaryl/α,β-unsaturated/α-hetero) is 1. The smallest absolute Gasteiger partial charge is 0.338 e. The van der Waals surface area contributed by atoms with Gasteiger partial charge in [-0.15, -0.1) is 0 Å². The molecule has 7 heteroatoms. The molecule has 2 amide bonds. The molecule has 1 fully saturated rings. The number of esters is 1. The molecule has 1 saturated heterocycles. The van der Waals surface area contributed by atoms with Crippen molar-refractivity contribution >= 4 is 29.3 Å². The molecule has 0 N–H and O–H groups in total. The number of ketones is 1. The highest BCUT2D eigenvalue weighted by Gasteiger charge is 2.47. The van der Waals surface area contributed by atoms with E-state index >= 15 is 0 Å². The number of rotatable bonds is 6. The van der Waals surface area contributed by atoms with Gasteiger partial charge >= 0.3 is 5.97 Å². The molecule has 7 nitrogen and oxygen atoms in total. The van der Waals surface area contributed by atoms with Gasteiger partial charge in [0, 0.05) is 5.56 Å². The van der Waals surface area contributed by atoms with Gasteiger partial charge in [0.1, 0.15) is 5.75 Å². The fraction of sp³-hybridized carbons (Fsp3) is 0.250. The predicted molar refractivity (Wildman–Crippen MR) is 112 cm³/mol. The summed E-state index contributed by atoms with van der Waals surface area (Å²) < 4.78 is 10.2. The van der Waals surface area contributed by atoms with E-state index in [4.69, 9.17) is 9.47 Å². The minimum absolute atomic E-state index is 0.161. The third kappa shape index (κ3) is 3.99. The number of amides is 2. The summed E-state index contributed by atoms with van der Waals surface area (Å²) in [6.07, 6.45) is 4.93. The Kier molecular flexibility index (Phi) is 5.66. The SMILES string of the molecule is COc1ccc(C(=O)COC(=O)c2cccc(N3C(=O)C4CC=CCC4C3=O)c2)cc1. The summed E-state index contributed by atoms with van der Waals surface area (Å²) in [4.78, 5) is 51.4. The van der Waals surface area contributed by atoms with E-state index in [-0.39, 0.29) is 35.0 Å². The second-order valence-electron chi connectivity index (χ2n) is 7.45. The molecule has 0 saturated carbocycles. The molecule has 2 aromatic carbocycles. The van der Waals surface area contributed by atoms with Gasteiger partial charge < -0.3 is 9.47 Å². The van der Waals surface area contributed by atoms with E-state index in [1.165, 1.54) is 19.2 Å². The van der Waals surface area contributed by atoms with E-state index in [2.05, 4.69) is 0 Å². The van der Waals surface area contributed by atoms with Gasteiger partial charge in [-0.2, -0.15) is 0 Å². The van der Waals surface area contributed by atoms with E-state index in [9.17, 15) is 19.2 Å². The van der Waals surface area contributed by atoms with Crippen molar-refractivity contribution in [3.63, 3.8) is 0 Å². The topological polar surface area (TPSA) is 90.0 Å². The Morgan fingerprint density at radius 1 is 0.935 bits per heavy atom. The van der Waals surface area contributed by atoms with Crippen molar-refractivity contribution < 1.29 is 28.7 Å². The maximum atomic E-state index is 12.8. The van der Waals surface area contributed by atoms with Crippen LogP contribution in [0.1, 0.15) is 33.6 Å². The molecule has 0 spiro atoms. The van der Waals surface area contributed by atoms with Crippen LogP contribution in [-0.2, 0) is 14.3 Å². The van der Waals surface area contributed by atoms with Crippen molar-refractivity contribution in [1.82, 2.24) is 0 Å². The average molecular weight is 419 g/mol. The Balaban J connectivity index is 1.44. The first-order chi connectivity index (χ1) is 15.0. The molecule has 1 heterocycles. The molecular weight excluding hydrogens is 398 g/mol. The van der Waals surface area contributed by atoms with Crippen LogP contribution in [0.3, 0.4) is 0 Å². The summed E-state index contributed by atoms with van der Waals surface area (Å²) in [6.45, 7) is -0.424. The first-order valence-electron chi connectivity index (χ1n) is 9.97. The normalized spacial score (nSPS) is 19.8. The number of fused-ring (bicyclic) bond motifs is 1. The molecule has 2 atom stereocenters. The Hall–Kier alpha value is -3.74. The second kappa shape index (κ2) is 8.55. The largest absolute Gasteiger partial charge is 0.497 e. The molecule has 4 rings (SSSR count). The van der Waals surface area contributed by atoms with Crippen LogP contribution < -0.4 is 9.64 Å². The molecule has 31 heavy (non-hydrogen) atoms. The number of anilines is 1. The van der Waals surface area contributed by atoms with E-state index in [1.807, 2.05) is 12.2 Å². The Bertz CT molecular complexity index is 1050. The second-order valence-corrected chi connectivity index (χ2v) is 7.45. The lowest BCUT2D eigenvalue weighted by molar-refractivity contribution is -0.122. The van der Waals surface area contributed by atoms with Crippen molar-refractivity contribution in [2.45, 2.75) is 12.8 Å². The van der Waals surface area contributed by atoms with Crippen molar-refractivity contribution in [2.24, 2.45) is 11.8 Å². The first kappa shape index (κ1) is 20.5. The van der Waals surface area contributed by atoms with Crippen LogP contribution >= 0.6 is 0 Å². The number of hydrogen-bond acceptors (Lipinski definition) is 6. The number of carbonyl (C=O) groups excluding carboxylic acids is 4. The minimum Gasteiger partial charge on any atom is -0.497 e. The highest BCUT2D eigenvalue weighted by Crippen LogP contribution is 2.37. The quantitative estimate of drug-likeness (QED) is 0.309. The van der Waals surface area contributed by atoms with Crippen LogP contribution in [0.4, 0.5) is 5.69 Å². The van der Waals surface area contributed by atoms with Crippen molar-refractivity contribution in [3.8, 4) is 5.75 Å². The zero-order chi connectivity index (χ0) is 22.0. The number of carbonyl (C=O) groups is 4. The fourth-order valence-electron chi connectivity index (χ4n) is 3.90. The number of methoxy groups -OCH3 is 1. The molecule has 2 aromatic rings. The standard InChI is InChI=1S/C24H21NO6/c1-30-18-11-9-15(10-12-18)21(26)14-31-24(29)16-5-4-6-17(13-16)25-22(27)19-7-2-3-8-20(19)23(25)28/h2-6,9-13,19-20H,7-8,14H2,1H3. The van der Waals surface area contributed by atoms with E-state index in [1.54, 1.807) is 36.4 Å². The first-order valence-corrected chi connectivity index (χ1v) is 9.97. The zero-order valence-corrected chi connectivity index (χ0v) is 16.9. The lowest BCUT2D eigenvalue weighted by Crippen LogP contribution is -2.31. The molecule has 1 aliphatic heterocycles. The molecule has 2 unspecified atom stereocenters. The summed E-state index contributed by atoms with van der Waals surface area (Å²) in [7, 11) is 1.53. The summed E-state index contributed by atoms with van der Waals surface area (Å²) in [6, 6.07) is 12.6. The van der Waals surface area contributed by atoms with Gasteiger partial charge in [-0.05, 0) is 55.3 Å². The summed E-state index contributed by atoms with van der Waals surface area (Å²) in [5.41, 5.74) is 0.890. The van der Waals surface area contributed by atoms with Crippen LogP contribution in [-0.4, -0.2) is 37.3 Å². The van der Waals surface area contributed by atoms with Crippen molar-refractivity contribution in [2.75, 3.05) is 18.6 Å². The molecule has 158 valence electrons. The maximum absolute atomic E-state index is 12.8. The van der Waals surface area contributed by atoms with Gasteiger partial charge in [0.05, 0.1) is 30.2 Å². The van der Waals surface area contributed by atoms with Gasteiger partial charge in [-0.3, -0.25) is 19.3 Å². The molecule has 0 radical (unpaired) electrons. The highest BCUT2D eigenvalue weighted by atomic mass is 16.5. The van der Waals surface area contributed by atoms with Gasteiger partial charge in [0.25, 0.3) is 0 Å². The van der Waals surface area contributed by atoms with Gasteiger partial charge in [-0.1, -0.05) is 18.2 Å². The third-order valence-electron chi connectivity index (χ3n) is 5.59. The average Bonchev–Trinajstić information content (AvgIpc) is 3.07. The van der Waals surface area contributed by atoms with Gasteiger partial charge in [0.15, 0.2) is 12.4 Å². The van der Waals surface area contributed by atoms with E-state index in [0.29, 0.717) is 29.8 Å². The minimum atomic E-state index is -0.707. The molecule has 2 aliphatic rings. The number of imide groups is 1. The summed E-state index contributed by atoms with van der Waals surface area (Å²) in [5.74, 6) is -1.65.